The molecule has 1 N–H and O–H groups in total. The van der Waals surface area contributed by atoms with Gasteiger partial charge in [0.2, 0.25) is 0 Å². The first kappa shape index (κ1) is 12.6. The van der Waals surface area contributed by atoms with Crippen molar-refractivity contribution in [2.75, 3.05) is 0 Å². The number of aryl methyl sites for hydroxylation is 1. The summed E-state index contributed by atoms with van der Waals surface area (Å²) in [5.74, 6) is 1.98. The van der Waals surface area contributed by atoms with Gasteiger partial charge in [-0.1, -0.05) is 17.7 Å². The number of ether oxygens (including phenoxy) is 1. The van der Waals surface area contributed by atoms with E-state index in [1.807, 2.05) is 19.1 Å². The summed E-state index contributed by atoms with van der Waals surface area (Å²) in [5, 5.41) is 10.4. The van der Waals surface area contributed by atoms with E-state index in [4.69, 9.17) is 4.74 Å². The summed E-state index contributed by atoms with van der Waals surface area (Å²) in [6.07, 6.45) is 4.60. The van der Waals surface area contributed by atoms with Crippen molar-refractivity contribution in [1.29, 1.82) is 0 Å². The number of aromatic hydroxyl groups is 1. The van der Waals surface area contributed by atoms with E-state index in [9.17, 15) is 5.11 Å². The van der Waals surface area contributed by atoms with Gasteiger partial charge in [-0.3, -0.25) is 0 Å². The van der Waals surface area contributed by atoms with Crippen molar-refractivity contribution in [2.24, 2.45) is 5.92 Å². The molecule has 1 aliphatic heterocycles. The lowest BCUT2D eigenvalue weighted by Gasteiger charge is -2.46. The highest BCUT2D eigenvalue weighted by molar-refractivity contribution is 5.54. The standard InChI is InChI=1S/C17H22O2/c1-10-5-7-13-12(9-10)15-14(19-17(13,3)4)8-6-11(2)16(15)18/h6,8-9,12-13,18H,5,7H2,1-4H3/t12-,13-/m1/s1. The molecular formula is C17H22O2. The lowest BCUT2D eigenvalue weighted by molar-refractivity contribution is 0.0107. The summed E-state index contributed by atoms with van der Waals surface area (Å²) < 4.78 is 6.17. The Bertz CT molecular complexity index is 555. The first-order valence-corrected chi connectivity index (χ1v) is 7.09. The highest BCUT2D eigenvalue weighted by Crippen LogP contribution is 2.53. The molecule has 1 aromatic rings. The predicted octanol–water partition coefficient (Wildman–Crippen LogP) is 4.31. The van der Waals surface area contributed by atoms with Gasteiger partial charge in [0, 0.05) is 17.4 Å². The Labute approximate surface area is 115 Å². The molecule has 0 aromatic heterocycles. The van der Waals surface area contributed by atoms with Crippen molar-refractivity contribution in [3.63, 3.8) is 0 Å². The maximum Gasteiger partial charge on any atom is 0.127 e. The summed E-state index contributed by atoms with van der Waals surface area (Å²) in [5.41, 5.74) is 3.17. The van der Waals surface area contributed by atoms with Crippen LogP contribution in [-0.2, 0) is 0 Å². The molecule has 1 aliphatic carbocycles. The molecule has 0 radical (unpaired) electrons. The molecule has 1 aromatic carbocycles. The highest BCUT2D eigenvalue weighted by atomic mass is 16.5. The molecule has 102 valence electrons. The first-order chi connectivity index (χ1) is 8.90. The van der Waals surface area contributed by atoms with Crippen molar-refractivity contribution in [3.8, 4) is 11.5 Å². The van der Waals surface area contributed by atoms with Crippen LogP contribution in [0.25, 0.3) is 0 Å². The number of benzene rings is 1. The van der Waals surface area contributed by atoms with Crippen molar-refractivity contribution in [1.82, 2.24) is 0 Å². The van der Waals surface area contributed by atoms with Crippen LogP contribution in [0.2, 0.25) is 0 Å². The van der Waals surface area contributed by atoms with Gasteiger partial charge in [0.05, 0.1) is 0 Å². The lowest BCUT2D eigenvalue weighted by Crippen LogP contribution is -2.45. The molecule has 3 rings (SSSR count). The van der Waals surface area contributed by atoms with Crippen LogP contribution in [0.5, 0.6) is 11.5 Å². The topological polar surface area (TPSA) is 29.5 Å². The van der Waals surface area contributed by atoms with Gasteiger partial charge in [-0.15, -0.1) is 0 Å². The molecule has 0 unspecified atom stereocenters. The van der Waals surface area contributed by atoms with Gasteiger partial charge in [0.1, 0.15) is 17.1 Å². The summed E-state index contributed by atoms with van der Waals surface area (Å²) in [4.78, 5) is 0. The summed E-state index contributed by atoms with van der Waals surface area (Å²) >= 11 is 0. The molecule has 2 atom stereocenters. The number of rotatable bonds is 0. The zero-order valence-electron chi connectivity index (χ0n) is 12.2. The fraction of sp³-hybridized carbons (Fsp3) is 0.529. The summed E-state index contributed by atoms with van der Waals surface area (Å²) in [6.45, 7) is 8.47. The van der Waals surface area contributed by atoms with Crippen LogP contribution < -0.4 is 4.74 Å². The second-order valence-corrected chi connectivity index (χ2v) is 6.53. The van der Waals surface area contributed by atoms with Crippen LogP contribution in [0.3, 0.4) is 0 Å². The molecule has 2 aliphatic rings. The normalized spacial score (nSPS) is 27.9. The molecule has 0 saturated heterocycles. The third kappa shape index (κ3) is 1.85. The SMILES string of the molecule is CC1=C[C@H]2c3c(ccc(C)c3O)OC(C)(C)[C@@H]2CC1. The van der Waals surface area contributed by atoms with E-state index in [0.717, 1.165) is 29.7 Å². The van der Waals surface area contributed by atoms with E-state index in [1.165, 1.54) is 5.57 Å². The van der Waals surface area contributed by atoms with Gasteiger partial charge in [0.25, 0.3) is 0 Å². The Hall–Kier alpha value is -1.44. The number of allylic oxidation sites excluding steroid dienone is 2. The maximum absolute atomic E-state index is 10.4. The van der Waals surface area contributed by atoms with Crippen molar-refractivity contribution < 1.29 is 9.84 Å². The Balaban J connectivity index is 2.22. The van der Waals surface area contributed by atoms with Crippen LogP contribution in [-0.4, -0.2) is 10.7 Å². The molecule has 0 amide bonds. The van der Waals surface area contributed by atoms with E-state index in [2.05, 4.69) is 26.8 Å². The van der Waals surface area contributed by atoms with E-state index < -0.39 is 0 Å². The molecule has 2 heteroatoms. The van der Waals surface area contributed by atoms with Gasteiger partial charge in [-0.05, 0) is 52.2 Å². The van der Waals surface area contributed by atoms with Crippen LogP contribution >= 0.6 is 0 Å². The van der Waals surface area contributed by atoms with E-state index in [0.29, 0.717) is 11.7 Å². The number of hydrogen-bond acceptors (Lipinski definition) is 2. The first-order valence-electron chi connectivity index (χ1n) is 7.09. The summed E-state index contributed by atoms with van der Waals surface area (Å²) in [6, 6.07) is 3.93. The Morgan fingerprint density at radius 3 is 2.74 bits per heavy atom. The molecule has 2 nitrogen and oxygen atoms in total. The fourth-order valence-electron chi connectivity index (χ4n) is 3.60. The van der Waals surface area contributed by atoms with Gasteiger partial charge in [0.15, 0.2) is 0 Å². The van der Waals surface area contributed by atoms with Crippen molar-refractivity contribution in [2.45, 2.75) is 52.1 Å². The quantitative estimate of drug-likeness (QED) is 0.703. The van der Waals surface area contributed by atoms with Crippen LogP contribution in [0, 0.1) is 12.8 Å². The van der Waals surface area contributed by atoms with Crippen molar-refractivity contribution in [3.05, 3.63) is 34.9 Å². The number of phenolic OH excluding ortho intramolecular Hbond substituents is 1. The molecule has 0 fully saturated rings. The zero-order valence-corrected chi connectivity index (χ0v) is 12.2. The second kappa shape index (κ2) is 4.03. The molecule has 0 spiro atoms. The second-order valence-electron chi connectivity index (χ2n) is 6.53. The Morgan fingerprint density at radius 1 is 1.26 bits per heavy atom. The lowest BCUT2D eigenvalue weighted by atomic mass is 9.68. The Morgan fingerprint density at radius 2 is 2.00 bits per heavy atom. The molecule has 19 heavy (non-hydrogen) atoms. The smallest absolute Gasteiger partial charge is 0.127 e. The van der Waals surface area contributed by atoms with Crippen LogP contribution in [0.1, 0.15) is 50.7 Å². The molecule has 0 bridgehead atoms. The largest absolute Gasteiger partial charge is 0.507 e. The number of fused-ring (bicyclic) bond motifs is 3. The predicted molar refractivity (Wildman–Crippen MR) is 76.8 cm³/mol. The van der Waals surface area contributed by atoms with E-state index in [-0.39, 0.29) is 11.5 Å². The molecule has 1 heterocycles. The van der Waals surface area contributed by atoms with Gasteiger partial charge in [-0.2, -0.15) is 0 Å². The molecular weight excluding hydrogens is 236 g/mol. The minimum absolute atomic E-state index is 0.170. The maximum atomic E-state index is 10.4. The zero-order chi connectivity index (χ0) is 13.8. The van der Waals surface area contributed by atoms with Gasteiger partial charge >= 0.3 is 0 Å². The van der Waals surface area contributed by atoms with Crippen LogP contribution in [0.15, 0.2) is 23.8 Å². The van der Waals surface area contributed by atoms with Gasteiger partial charge in [-0.25, -0.2) is 0 Å². The summed E-state index contributed by atoms with van der Waals surface area (Å²) in [7, 11) is 0. The average molecular weight is 258 g/mol. The minimum Gasteiger partial charge on any atom is -0.507 e. The van der Waals surface area contributed by atoms with Crippen molar-refractivity contribution >= 4 is 0 Å². The Kier molecular flexibility index (Phi) is 2.67. The van der Waals surface area contributed by atoms with Gasteiger partial charge < -0.3 is 9.84 Å². The fourth-order valence-corrected chi connectivity index (χ4v) is 3.60. The minimum atomic E-state index is -0.170. The molecule has 0 saturated carbocycles. The third-order valence-corrected chi connectivity index (χ3v) is 4.73. The average Bonchev–Trinajstić information content (AvgIpc) is 2.33. The van der Waals surface area contributed by atoms with Crippen LogP contribution in [0.4, 0.5) is 0 Å². The number of hydrogen-bond donors (Lipinski definition) is 1. The van der Waals surface area contributed by atoms with E-state index >= 15 is 0 Å². The number of phenols is 1. The third-order valence-electron chi connectivity index (χ3n) is 4.73. The highest BCUT2D eigenvalue weighted by Gasteiger charge is 2.45. The van der Waals surface area contributed by atoms with E-state index in [1.54, 1.807) is 0 Å². The monoisotopic (exact) mass is 258 g/mol.